The van der Waals surface area contributed by atoms with E-state index in [0.717, 1.165) is 16.5 Å². The van der Waals surface area contributed by atoms with E-state index in [-0.39, 0.29) is 30.1 Å². The molecule has 3 N–H and O–H groups in total. The molecule has 4 rings (SSSR count). The van der Waals surface area contributed by atoms with Crippen molar-refractivity contribution in [1.82, 2.24) is 20.5 Å². The van der Waals surface area contributed by atoms with Gasteiger partial charge in [0.25, 0.3) is 5.91 Å². The summed E-state index contributed by atoms with van der Waals surface area (Å²) in [4.78, 5) is 41.8. The quantitative estimate of drug-likeness (QED) is 0.526. The molecule has 154 valence electrons. The second-order valence-electron chi connectivity index (χ2n) is 7.46. The van der Waals surface area contributed by atoms with Crippen molar-refractivity contribution in [1.29, 1.82) is 0 Å². The fourth-order valence-corrected chi connectivity index (χ4v) is 3.77. The van der Waals surface area contributed by atoms with Gasteiger partial charge in [-0.05, 0) is 11.6 Å². The van der Waals surface area contributed by atoms with Crippen LogP contribution in [0.25, 0.3) is 10.9 Å². The molecule has 7 nitrogen and oxygen atoms in total. The van der Waals surface area contributed by atoms with Crippen molar-refractivity contribution in [3.63, 3.8) is 0 Å². The molecule has 0 radical (unpaired) electrons. The minimum Gasteiger partial charge on any atom is -0.360 e. The highest BCUT2D eigenvalue weighted by Crippen LogP contribution is 2.20. The van der Waals surface area contributed by atoms with Gasteiger partial charge in [-0.3, -0.25) is 14.4 Å². The summed E-state index contributed by atoms with van der Waals surface area (Å²) in [6.07, 6.45) is 1.91. The number of aromatic amines is 1. The number of para-hydroxylation sites is 1. The molecule has 1 fully saturated rings. The van der Waals surface area contributed by atoms with Gasteiger partial charge in [0, 0.05) is 49.7 Å². The number of hydrogen-bond acceptors (Lipinski definition) is 3. The summed E-state index contributed by atoms with van der Waals surface area (Å²) in [7, 11) is 0. The summed E-state index contributed by atoms with van der Waals surface area (Å²) in [5.41, 5.74) is 2.53. The first-order valence-corrected chi connectivity index (χ1v) is 10.1. The number of benzene rings is 2. The molecule has 30 heavy (non-hydrogen) atoms. The highest BCUT2D eigenvalue weighted by atomic mass is 16.2. The predicted molar refractivity (Wildman–Crippen MR) is 114 cm³/mol. The van der Waals surface area contributed by atoms with Crippen LogP contribution in [-0.2, 0) is 16.1 Å². The van der Waals surface area contributed by atoms with Gasteiger partial charge in [-0.1, -0.05) is 48.5 Å². The highest BCUT2D eigenvalue weighted by molar-refractivity contribution is 6.06. The minimum atomic E-state index is -0.356. The molecule has 0 unspecified atom stereocenters. The molecule has 0 saturated carbocycles. The highest BCUT2D eigenvalue weighted by Gasteiger charge is 2.34. The van der Waals surface area contributed by atoms with Crippen molar-refractivity contribution in [3.05, 3.63) is 71.9 Å². The molecule has 3 aromatic rings. The minimum absolute atomic E-state index is 0.00774. The van der Waals surface area contributed by atoms with Crippen LogP contribution in [-0.4, -0.2) is 47.2 Å². The number of amides is 3. The molecule has 3 amide bonds. The van der Waals surface area contributed by atoms with E-state index in [1.165, 1.54) is 0 Å². The number of likely N-dealkylation sites (tertiary alicyclic amines) is 1. The first-order chi connectivity index (χ1) is 14.6. The van der Waals surface area contributed by atoms with E-state index in [1.807, 2.05) is 54.6 Å². The first-order valence-electron chi connectivity index (χ1n) is 10.1. The fourth-order valence-electron chi connectivity index (χ4n) is 3.77. The summed E-state index contributed by atoms with van der Waals surface area (Å²) in [6, 6.07) is 17.3. The van der Waals surface area contributed by atoms with Gasteiger partial charge in [-0.25, -0.2) is 0 Å². The number of H-pyrrole nitrogens is 1. The maximum atomic E-state index is 12.4. The molecule has 1 aromatic heterocycles. The monoisotopic (exact) mass is 404 g/mol. The molecule has 2 heterocycles. The average molecular weight is 404 g/mol. The smallest absolute Gasteiger partial charge is 0.253 e. The lowest BCUT2D eigenvalue weighted by molar-refractivity contribution is -0.129. The van der Waals surface area contributed by atoms with Crippen LogP contribution in [0.4, 0.5) is 0 Å². The third-order valence-corrected chi connectivity index (χ3v) is 5.35. The number of fused-ring (bicyclic) bond motifs is 1. The molecule has 1 saturated heterocycles. The number of carbonyl (C=O) groups excluding carboxylic acids is 3. The lowest BCUT2D eigenvalue weighted by Gasteiger charge is -2.16. The Kier molecular flexibility index (Phi) is 5.79. The number of rotatable bonds is 7. The van der Waals surface area contributed by atoms with Crippen LogP contribution >= 0.6 is 0 Å². The molecule has 0 bridgehead atoms. The van der Waals surface area contributed by atoms with Crippen LogP contribution in [0.2, 0.25) is 0 Å². The molecule has 1 aliphatic heterocycles. The van der Waals surface area contributed by atoms with Crippen molar-refractivity contribution in [2.45, 2.75) is 13.0 Å². The van der Waals surface area contributed by atoms with E-state index in [2.05, 4.69) is 15.6 Å². The lowest BCUT2D eigenvalue weighted by Crippen LogP contribution is -2.38. The third-order valence-electron chi connectivity index (χ3n) is 5.35. The Balaban J connectivity index is 1.22. The summed E-state index contributed by atoms with van der Waals surface area (Å²) in [5, 5.41) is 6.51. The molecule has 7 heteroatoms. The summed E-state index contributed by atoms with van der Waals surface area (Å²) < 4.78 is 0. The van der Waals surface area contributed by atoms with Crippen molar-refractivity contribution >= 4 is 28.6 Å². The Bertz CT molecular complexity index is 1060. The lowest BCUT2D eigenvalue weighted by atomic mass is 10.1. The Morgan fingerprint density at radius 1 is 1.00 bits per heavy atom. The van der Waals surface area contributed by atoms with Crippen molar-refractivity contribution in [2.75, 3.05) is 19.6 Å². The van der Waals surface area contributed by atoms with E-state index in [1.54, 1.807) is 11.1 Å². The predicted octanol–water partition coefficient (Wildman–Crippen LogP) is 2.06. The maximum Gasteiger partial charge on any atom is 0.253 e. The van der Waals surface area contributed by atoms with E-state index >= 15 is 0 Å². The zero-order valence-electron chi connectivity index (χ0n) is 16.6. The summed E-state index contributed by atoms with van der Waals surface area (Å²) >= 11 is 0. The fraction of sp³-hybridized carbons (Fsp3) is 0.261. The number of aromatic nitrogens is 1. The van der Waals surface area contributed by atoms with Gasteiger partial charge in [-0.2, -0.15) is 0 Å². The zero-order valence-corrected chi connectivity index (χ0v) is 16.6. The number of nitrogens with one attached hydrogen (secondary N) is 3. The van der Waals surface area contributed by atoms with Gasteiger partial charge >= 0.3 is 0 Å². The van der Waals surface area contributed by atoms with Crippen LogP contribution in [0.1, 0.15) is 22.3 Å². The second-order valence-corrected chi connectivity index (χ2v) is 7.46. The topological polar surface area (TPSA) is 94.3 Å². The van der Waals surface area contributed by atoms with Crippen molar-refractivity contribution < 1.29 is 14.4 Å². The molecule has 1 atom stereocenters. The van der Waals surface area contributed by atoms with Crippen molar-refractivity contribution in [2.24, 2.45) is 5.92 Å². The molecular formula is C23H24N4O3. The third kappa shape index (κ3) is 4.35. The van der Waals surface area contributed by atoms with E-state index < -0.39 is 0 Å². The molecular weight excluding hydrogens is 380 g/mol. The maximum absolute atomic E-state index is 12.4. The second kappa shape index (κ2) is 8.82. The largest absolute Gasteiger partial charge is 0.360 e. The van der Waals surface area contributed by atoms with Crippen LogP contribution in [0.15, 0.2) is 60.8 Å². The Labute approximate surface area is 174 Å². The molecule has 1 aliphatic rings. The molecule has 0 aliphatic carbocycles. The molecule has 0 spiro atoms. The van der Waals surface area contributed by atoms with E-state index in [9.17, 15) is 14.4 Å². The van der Waals surface area contributed by atoms with Crippen LogP contribution in [0.3, 0.4) is 0 Å². The standard InChI is InChI=1S/C23H24N4O3/c28-21-12-17(15-27(21)14-16-6-2-1-3-7-16)22(29)24-10-11-25-23(30)19-13-26-20-9-5-4-8-18(19)20/h1-9,13,17,26H,10-12,14-15H2,(H,24,29)(H,25,30)/t17-/m0/s1. The Morgan fingerprint density at radius 2 is 1.73 bits per heavy atom. The van der Waals surface area contributed by atoms with Crippen molar-refractivity contribution in [3.8, 4) is 0 Å². The van der Waals surface area contributed by atoms with Gasteiger partial charge in [0.15, 0.2) is 0 Å². The van der Waals surface area contributed by atoms with Crippen LogP contribution in [0.5, 0.6) is 0 Å². The van der Waals surface area contributed by atoms with Crippen LogP contribution in [0, 0.1) is 5.92 Å². The SMILES string of the molecule is O=C(NCCNC(=O)[C@H]1CC(=O)N(Cc2ccccc2)C1)c1c[nH]c2ccccc12. The van der Waals surface area contributed by atoms with E-state index in [0.29, 0.717) is 31.7 Å². The number of nitrogens with zero attached hydrogens (tertiary/aromatic N) is 1. The van der Waals surface area contributed by atoms with Gasteiger partial charge in [0.1, 0.15) is 0 Å². The molecule has 2 aromatic carbocycles. The normalized spacial score (nSPS) is 16.1. The number of hydrogen-bond donors (Lipinski definition) is 3. The zero-order chi connectivity index (χ0) is 20.9. The first kappa shape index (κ1) is 19.7. The van der Waals surface area contributed by atoms with Gasteiger partial charge in [0.2, 0.25) is 11.8 Å². The van der Waals surface area contributed by atoms with E-state index in [4.69, 9.17) is 0 Å². The van der Waals surface area contributed by atoms with Gasteiger partial charge in [-0.15, -0.1) is 0 Å². The summed E-state index contributed by atoms with van der Waals surface area (Å²) in [5.74, 6) is -0.704. The van der Waals surface area contributed by atoms with Gasteiger partial charge < -0.3 is 20.5 Å². The number of carbonyl (C=O) groups is 3. The van der Waals surface area contributed by atoms with Gasteiger partial charge in [0.05, 0.1) is 11.5 Å². The van der Waals surface area contributed by atoms with Crippen LogP contribution < -0.4 is 10.6 Å². The average Bonchev–Trinajstić information content (AvgIpc) is 3.35. The Hall–Kier alpha value is -3.61. The summed E-state index contributed by atoms with van der Waals surface area (Å²) in [6.45, 7) is 1.57. The Morgan fingerprint density at radius 3 is 2.57 bits per heavy atom.